The van der Waals surface area contributed by atoms with Crippen molar-refractivity contribution in [1.29, 1.82) is 0 Å². The zero-order valence-electron chi connectivity index (χ0n) is 11.0. The number of hydrogen-bond acceptors (Lipinski definition) is 3. The van der Waals surface area contributed by atoms with Crippen molar-refractivity contribution in [3.05, 3.63) is 35.9 Å². The second kappa shape index (κ2) is 6.17. The summed E-state index contributed by atoms with van der Waals surface area (Å²) in [5.41, 5.74) is 0.531. The van der Waals surface area contributed by atoms with Crippen molar-refractivity contribution in [2.24, 2.45) is 0 Å². The number of rotatable bonds is 5. The van der Waals surface area contributed by atoms with Gasteiger partial charge in [-0.2, -0.15) is 0 Å². The average Bonchev–Trinajstić information content (AvgIpc) is 2.96. The number of aliphatic hydroxyl groups is 2. The summed E-state index contributed by atoms with van der Waals surface area (Å²) in [6.07, 6.45) is 3.72. The molecule has 1 aromatic carbocycles. The Balaban J connectivity index is 2.23. The van der Waals surface area contributed by atoms with Crippen molar-refractivity contribution >= 4 is 5.91 Å². The summed E-state index contributed by atoms with van der Waals surface area (Å²) in [7, 11) is 0. The van der Waals surface area contributed by atoms with E-state index in [1.165, 1.54) is 0 Å². The van der Waals surface area contributed by atoms with Gasteiger partial charge in [-0.1, -0.05) is 43.2 Å². The highest BCUT2D eigenvalue weighted by Crippen LogP contribution is 2.41. The van der Waals surface area contributed by atoms with E-state index in [1.54, 1.807) is 0 Å². The number of benzene rings is 1. The summed E-state index contributed by atoms with van der Waals surface area (Å²) in [6, 6.07) is 9.22. The van der Waals surface area contributed by atoms with Gasteiger partial charge in [-0.25, -0.2) is 0 Å². The van der Waals surface area contributed by atoms with Gasteiger partial charge in [-0.15, -0.1) is 0 Å². The minimum absolute atomic E-state index is 0.0794. The van der Waals surface area contributed by atoms with Crippen molar-refractivity contribution in [3.8, 4) is 0 Å². The third kappa shape index (κ3) is 2.80. The molecule has 0 heterocycles. The highest BCUT2D eigenvalue weighted by Gasteiger charge is 2.42. The van der Waals surface area contributed by atoms with E-state index >= 15 is 0 Å². The molecule has 0 bridgehead atoms. The maximum atomic E-state index is 12.6. The lowest BCUT2D eigenvalue weighted by atomic mass is 9.78. The van der Waals surface area contributed by atoms with Crippen LogP contribution in [0.1, 0.15) is 31.2 Å². The van der Waals surface area contributed by atoms with E-state index in [9.17, 15) is 4.79 Å². The monoisotopic (exact) mass is 263 g/mol. The summed E-state index contributed by atoms with van der Waals surface area (Å²) in [6.45, 7) is -0.486. The van der Waals surface area contributed by atoms with Crippen LogP contribution in [0, 0.1) is 0 Å². The predicted molar refractivity (Wildman–Crippen MR) is 72.7 cm³/mol. The molecule has 0 radical (unpaired) electrons. The van der Waals surface area contributed by atoms with Gasteiger partial charge >= 0.3 is 0 Å². The molecular formula is C15H21NO3. The fourth-order valence-electron chi connectivity index (χ4n) is 2.86. The van der Waals surface area contributed by atoms with Crippen LogP contribution in [0.4, 0.5) is 0 Å². The molecule has 0 aromatic heterocycles. The van der Waals surface area contributed by atoms with E-state index in [-0.39, 0.29) is 19.1 Å². The predicted octanol–water partition coefficient (Wildman–Crippen LogP) is 0.968. The molecule has 3 N–H and O–H groups in total. The Labute approximate surface area is 113 Å². The van der Waals surface area contributed by atoms with Crippen LogP contribution in [0.3, 0.4) is 0 Å². The molecule has 1 amide bonds. The molecule has 4 nitrogen and oxygen atoms in total. The third-order valence-corrected chi connectivity index (χ3v) is 3.99. The van der Waals surface area contributed by atoms with E-state index in [4.69, 9.17) is 10.2 Å². The molecule has 0 aliphatic heterocycles. The van der Waals surface area contributed by atoms with E-state index < -0.39 is 11.5 Å². The fraction of sp³-hybridized carbons (Fsp3) is 0.533. The van der Waals surface area contributed by atoms with Crippen LogP contribution in [0.5, 0.6) is 0 Å². The average molecular weight is 263 g/mol. The van der Waals surface area contributed by atoms with Crippen LogP contribution >= 0.6 is 0 Å². The van der Waals surface area contributed by atoms with Crippen LogP contribution in [0.15, 0.2) is 30.3 Å². The number of aliphatic hydroxyl groups excluding tert-OH is 2. The molecule has 19 heavy (non-hydrogen) atoms. The van der Waals surface area contributed by atoms with E-state index in [0.717, 1.165) is 31.2 Å². The summed E-state index contributed by atoms with van der Waals surface area (Å²) in [4.78, 5) is 12.6. The topological polar surface area (TPSA) is 69.6 Å². The Bertz CT molecular complexity index is 409. The SMILES string of the molecule is O=C(NC(CO)CO)C1(c2ccccc2)CCCC1. The number of amides is 1. The Morgan fingerprint density at radius 2 is 1.74 bits per heavy atom. The minimum atomic E-state index is -0.575. The van der Waals surface area contributed by atoms with Gasteiger partial charge in [0.25, 0.3) is 0 Å². The number of carbonyl (C=O) groups is 1. The molecule has 4 heteroatoms. The summed E-state index contributed by atoms with van der Waals surface area (Å²) in [5.74, 6) is -0.0794. The molecule has 1 aliphatic rings. The number of carbonyl (C=O) groups excluding carboxylic acids is 1. The molecule has 1 aliphatic carbocycles. The van der Waals surface area contributed by atoms with Crippen LogP contribution in [0.2, 0.25) is 0 Å². The van der Waals surface area contributed by atoms with Gasteiger partial charge in [0.1, 0.15) is 0 Å². The van der Waals surface area contributed by atoms with Crippen molar-refractivity contribution in [3.63, 3.8) is 0 Å². The lowest BCUT2D eigenvalue weighted by Gasteiger charge is -2.30. The fourth-order valence-corrected chi connectivity index (χ4v) is 2.86. The Morgan fingerprint density at radius 1 is 1.16 bits per heavy atom. The molecule has 0 unspecified atom stereocenters. The van der Waals surface area contributed by atoms with Crippen LogP contribution < -0.4 is 5.32 Å². The maximum Gasteiger partial charge on any atom is 0.231 e. The first kappa shape index (κ1) is 14.0. The van der Waals surface area contributed by atoms with Crippen molar-refractivity contribution in [2.45, 2.75) is 37.1 Å². The molecular weight excluding hydrogens is 242 g/mol. The van der Waals surface area contributed by atoms with Gasteiger partial charge < -0.3 is 15.5 Å². The summed E-state index contributed by atoms with van der Waals surface area (Å²) in [5, 5.41) is 21.0. The first-order valence-corrected chi connectivity index (χ1v) is 6.81. The first-order chi connectivity index (χ1) is 9.23. The van der Waals surface area contributed by atoms with Crippen molar-refractivity contribution < 1.29 is 15.0 Å². The molecule has 1 aromatic rings. The second-order valence-electron chi connectivity index (χ2n) is 5.19. The van der Waals surface area contributed by atoms with Crippen molar-refractivity contribution in [2.75, 3.05) is 13.2 Å². The second-order valence-corrected chi connectivity index (χ2v) is 5.19. The van der Waals surface area contributed by atoms with Gasteiger partial charge in [0.2, 0.25) is 5.91 Å². The molecule has 0 spiro atoms. The molecule has 1 fully saturated rings. The first-order valence-electron chi connectivity index (χ1n) is 6.81. The lowest BCUT2D eigenvalue weighted by Crippen LogP contribution is -2.49. The smallest absolute Gasteiger partial charge is 0.231 e. The zero-order chi connectivity index (χ0) is 13.7. The van der Waals surface area contributed by atoms with Gasteiger partial charge in [0, 0.05) is 0 Å². The van der Waals surface area contributed by atoms with Crippen LogP contribution in [-0.4, -0.2) is 35.4 Å². The summed E-state index contributed by atoms with van der Waals surface area (Å²) >= 11 is 0. The molecule has 0 atom stereocenters. The Morgan fingerprint density at radius 3 is 2.26 bits per heavy atom. The van der Waals surface area contributed by atoms with Gasteiger partial charge in [0.05, 0.1) is 24.7 Å². The minimum Gasteiger partial charge on any atom is -0.394 e. The lowest BCUT2D eigenvalue weighted by molar-refractivity contribution is -0.128. The zero-order valence-corrected chi connectivity index (χ0v) is 11.0. The van der Waals surface area contributed by atoms with Crippen LogP contribution in [0.25, 0.3) is 0 Å². The third-order valence-electron chi connectivity index (χ3n) is 3.99. The van der Waals surface area contributed by atoms with Crippen LogP contribution in [-0.2, 0) is 10.2 Å². The van der Waals surface area contributed by atoms with E-state index in [2.05, 4.69) is 5.32 Å². The van der Waals surface area contributed by atoms with E-state index in [0.29, 0.717) is 0 Å². The Hall–Kier alpha value is -1.39. The summed E-state index contributed by atoms with van der Waals surface area (Å²) < 4.78 is 0. The molecule has 104 valence electrons. The Kier molecular flexibility index (Phi) is 4.56. The number of nitrogens with one attached hydrogen (secondary N) is 1. The highest BCUT2D eigenvalue weighted by molar-refractivity contribution is 5.88. The normalized spacial score (nSPS) is 17.6. The van der Waals surface area contributed by atoms with Crippen molar-refractivity contribution in [1.82, 2.24) is 5.32 Å². The molecule has 2 rings (SSSR count). The van der Waals surface area contributed by atoms with E-state index in [1.807, 2.05) is 30.3 Å². The van der Waals surface area contributed by atoms with Gasteiger partial charge in [-0.3, -0.25) is 4.79 Å². The molecule has 0 saturated heterocycles. The van der Waals surface area contributed by atoms with Gasteiger partial charge in [-0.05, 0) is 18.4 Å². The number of hydrogen-bond donors (Lipinski definition) is 3. The largest absolute Gasteiger partial charge is 0.394 e. The maximum absolute atomic E-state index is 12.6. The quantitative estimate of drug-likeness (QED) is 0.741. The standard InChI is InChI=1S/C15H21NO3/c17-10-13(11-18)16-14(19)15(8-4-5-9-15)12-6-2-1-3-7-12/h1-3,6-7,13,17-18H,4-5,8-11H2,(H,16,19). The van der Waals surface area contributed by atoms with Gasteiger partial charge in [0.15, 0.2) is 0 Å². The molecule has 1 saturated carbocycles. The highest BCUT2D eigenvalue weighted by atomic mass is 16.3.